The largest absolute Gasteiger partial charge is 0.355 e. The fourth-order valence-corrected chi connectivity index (χ4v) is 3.39. The summed E-state index contributed by atoms with van der Waals surface area (Å²) in [5, 5.41) is 3.01. The van der Waals surface area contributed by atoms with Gasteiger partial charge in [0, 0.05) is 6.04 Å². The third-order valence-electron chi connectivity index (χ3n) is 3.91. The number of carbonyl (C=O) groups excluding carboxylic acids is 1. The van der Waals surface area contributed by atoms with Gasteiger partial charge in [-0.05, 0) is 37.0 Å². The molecule has 1 amide bonds. The molecule has 0 radical (unpaired) electrons. The molecule has 0 saturated heterocycles. The molecule has 0 aromatic heterocycles. The van der Waals surface area contributed by atoms with Crippen LogP contribution in [0.25, 0.3) is 0 Å². The molecule has 1 N–H and O–H groups in total. The number of fused-ring (bicyclic) bond motifs is 2. The molecule has 2 heteroatoms. The quantitative estimate of drug-likeness (QED) is 0.648. The Morgan fingerprint density at radius 2 is 2.15 bits per heavy atom. The zero-order valence-electron chi connectivity index (χ0n) is 8.33. The van der Waals surface area contributed by atoms with Gasteiger partial charge in [-0.1, -0.05) is 19.8 Å². The molecule has 0 aromatic rings. The Hall–Kier alpha value is -0.530. The van der Waals surface area contributed by atoms with Crippen LogP contribution in [0.3, 0.4) is 0 Å². The smallest absolute Gasteiger partial charge is 0.207 e. The van der Waals surface area contributed by atoms with Gasteiger partial charge in [0.25, 0.3) is 0 Å². The zero-order chi connectivity index (χ0) is 9.26. The lowest BCUT2D eigenvalue weighted by molar-refractivity contribution is -0.111. The number of nitrogens with one attached hydrogen (secondary N) is 1. The standard InChI is InChI=1S/C11H19NO/c1-8-5-9-3-2-4-10(6-9)11(8)12-7-13/h7-11H,2-6H2,1H3,(H,12,13). The highest BCUT2D eigenvalue weighted by molar-refractivity contribution is 5.46. The minimum atomic E-state index is 0.467. The molecule has 4 unspecified atom stereocenters. The van der Waals surface area contributed by atoms with Crippen LogP contribution in [-0.4, -0.2) is 12.5 Å². The highest BCUT2D eigenvalue weighted by atomic mass is 16.1. The molecule has 74 valence electrons. The Labute approximate surface area is 80.1 Å². The fourth-order valence-electron chi connectivity index (χ4n) is 3.39. The highest BCUT2D eigenvalue weighted by Crippen LogP contribution is 2.42. The van der Waals surface area contributed by atoms with E-state index >= 15 is 0 Å². The van der Waals surface area contributed by atoms with Crippen LogP contribution in [0.4, 0.5) is 0 Å². The van der Waals surface area contributed by atoms with Gasteiger partial charge in [0.05, 0.1) is 0 Å². The molecule has 2 rings (SSSR count). The van der Waals surface area contributed by atoms with E-state index in [1.165, 1.54) is 32.1 Å². The Morgan fingerprint density at radius 3 is 2.92 bits per heavy atom. The predicted molar refractivity (Wildman–Crippen MR) is 52.2 cm³/mol. The predicted octanol–water partition coefficient (Wildman–Crippen LogP) is 1.95. The Morgan fingerprint density at radius 1 is 1.31 bits per heavy atom. The van der Waals surface area contributed by atoms with Crippen molar-refractivity contribution in [3.63, 3.8) is 0 Å². The summed E-state index contributed by atoms with van der Waals surface area (Å²) in [7, 11) is 0. The Bertz CT molecular complexity index is 191. The summed E-state index contributed by atoms with van der Waals surface area (Å²) in [6, 6.07) is 0.467. The lowest BCUT2D eigenvalue weighted by atomic mass is 9.66. The summed E-state index contributed by atoms with van der Waals surface area (Å²) in [5.41, 5.74) is 0. The number of hydrogen-bond donors (Lipinski definition) is 1. The first-order chi connectivity index (χ1) is 6.31. The van der Waals surface area contributed by atoms with E-state index in [0.29, 0.717) is 12.0 Å². The van der Waals surface area contributed by atoms with Gasteiger partial charge in [0.2, 0.25) is 6.41 Å². The number of amides is 1. The minimum Gasteiger partial charge on any atom is -0.355 e. The highest BCUT2D eigenvalue weighted by Gasteiger charge is 2.37. The van der Waals surface area contributed by atoms with Gasteiger partial charge in [0.1, 0.15) is 0 Å². The van der Waals surface area contributed by atoms with Crippen molar-refractivity contribution < 1.29 is 4.79 Å². The molecule has 0 aliphatic heterocycles. The lowest BCUT2D eigenvalue weighted by Crippen LogP contribution is -2.47. The van der Waals surface area contributed by atoms with Crippen molar-refractivity contribution in [3.05, 3.63) is 0 Å². The number of rotatable bonds is 2. The molecule has 2 bridgehead atoms. The van der Waals surface area contributed by atoms with Crippen LogP contribution < -0.4 is 5.32 Å². The first kappa shape index (κ1) is 9.04. The first-order valence-corrected chi connectivity index (χ1v) is 5.51. The Kier molecular flexibility index (Phi) is 2.56. The van der Waals surface area contributed by atoms with Crippen LogP contribution in [0.5, 0.6) is 0 Å². The molecular formula is C11H19NO. The molecule has 4 atom stereocenters. The Balaban J connectivity index is 2.03. The number of hydrogen-bond acceptors (Lipinski definition) is 1. The molecule has 2 fully saturated rings. The van der Waals surface area contributed by atoms with E-state index in [1.807, 2.05) is 0 Å². The van der Waals surface area contributed by atoms with E-state index in [0.717, 1.165) is 18.2 Å². The molecule has 2 nitrogen and oxygen atoms in total. The van der Waals surface area contributed by atoms with Crippen molar-refractivity contribution in [3.8, 4) is 0 Å². The summed E-state index contributed by atoms with van der Waals surface area (Å²) >= 11 is 0. The van der Waals surface area contributed by atoms with Crippen LogP contribution in [0.2, 0.25) is 0 Å². The van der Waals surface area contributed by atoms with Crippen molar-refractivity contribution >= 4 is 6.41 Å². The third-order valence-corrected chi connectivity index (χ3v) is 3.91. The molecule has 2 aliphatic rings. The van der Waals surface area contributed by atoms with Gasteiger partial charge < -0.3 is 5.32 Å². The maximum absolute atomic E-state index is 10.5. The summed E-state index contributed by atoms with van der Waals surface area (Å²) in [6.45, 7) is 2.28. The van der Waals surface area contributed by atoms with E-state index in [-0.39, 0.29) is 0 Å². The van der Waals surface area contributed by atoms with Gasteiger partial charge in [-0.2, -0.15) is 0 Å². The summed E-state index contributed by atoms with van der Waals surface area (Å²) < 4.78 is 0. The summed E-state index contributed by atoms with van der Waals surface area (Å²) in [5.74, 6) is 2.42. The van der Waals surface area contributed by atoms with Gasteiger partial charge >= 0.3 is 0 Å². The summed E-state index contributed by atoms with van der Waals surface area (Å²) in [4.78, 5) is 10.5. The molecule has 2 saturated carbocycles. The van der Waals surface area contributed by atoms with Crippen LogP contribution in [0.15, 0.2) is 0 Å². The van der Waals surface area contributed by atoms with Crippen molar-refractivity contribution in [1.82, 2.24) is 5.32 Å². The minimum absolute atomic E-state index is 0.467. The van der Waals surface area contributed by atoms with Crippen LogP contribution in [0.1, 0.15) is 39.0 Å². The zero-order valence-corrected chi connectivity index (χ0v) is 8.33. The molecular weight excluding hydrogens is 162 g/mol. The molecule has 0 spiro atoms. The van der Waals surface area contributed by atoms with Gasteiger partial charge in [-0.25, -0.2) is 0 Å². The fraction of sp³-hybridized carbons (Fsp3) is 0.909. The van der Waals surface area contributed by atoms with Crippen LogP contribution in [-0.2, 0) is 4.79 Å². The topological polar surface area (TPSA) is 29.1 Å². The van der Waals surface area contributed by atoms with Crippen molar-refractivity contribution in [1.29, 1.82) is 0 Å². The molecule has 2 aliphatic carbocycles. The van der Waals surface area contributed by atoms with Gasteiger partial charge in [0.15, 0.2) is 0 Å². The second-order valence-electron chi connectivity index (χ2n) is 4.82. The van der Waals surface area contributed by atoms with Crippen molar-refractivity contribution in [2.45, 2.75) is 45.1 Å². The van der Waals surface area contributed by atoms with Crippen LogP contribution in [0, 0.1) is 17.8 Å². The monoisotopic (exact) mass is 181 g/mol. The van der Waals surface area contributed by atoms with E-state index in [2.05, 4.69) is 12.2 Å². The van der Waals surface area contributed by atoms with E-state index in [4.69, 9.17) is 0 Å². The van der Waals surface area contributed by atoms with Gasteiger partial charge in [-0.15, -0.1) is 0 Å². The van der Waals surface area contributed by atoms with Crippen molar-refractivity contribution in [2.24, 2.45) is 17.8 Å². The first-order valence-electron chi connectivity index (χ1n) is 5.51. The maximum atomic E-state index is 10.5. The van der Waals surface area contributed by atoms with Crippen molar-refractivity contribution in [2.75, 3.05) is 0 Å². The average molecular weight is 181 g/mol. The second-order valence-corrected chi connectivity index (χ2v) is 4.82. The van der Waals surface area contributed by atoms with E-state index < -0.39 is 0 Å². The molecule has 0 heterocycles. The molecule has 13 heavy (non-hydrogen) atoms. The van der Waals surface area contributed by atoms with Gasteiger partial charge in [-0.3, -0.25) is 4.79 Å². The maximum Gasteiger partial charge on any atom is 0.207 e. The second kappa shape index (κ2) is 3.69. The SMILES string of the molecule is CC1CC2CCCC(C2)C1NC=O. The van der Waals surface area contributed by atoms with E-state index in [9.17, 15) is 4.79 Å². The lowest BCUT2D eigenvalue weighted by Gasteiger charge is -2.43. The number of carbonyl (C=O) groups is 1. The normalized spacial score (nSPS) is 44.1. The van der Waals surface area contributed by atoms with Crippen LogP contribution >= 0.6 is 0 Å². The molecule has 0 aromatic carbocycles. The average Bonchev–Trinajstić information content (AvgIpc) is 2.12. The summed E-state index contributed by atoms with van der Waals surface area (Å²) in [6.07, 6.45) is 7.69. The van der Waals surface area contributed by atoms with E-state index in [1.54, 1.807) is 0 Å². The third kappa shape index (κ3) is 1.72.